The number of thioether (sulfide) groups is 1. The molecule has 0 aromatic heterocycles. The normalized spacial score (nSPS) is 16.2. The molecule has 0 atom stereocenters. The molecule has 1 heterocycles. The minimum Gasteiger partial charge on any atom is -0.377 e. The monoisotopic (exact) mass is 354 g/mol. The van der Waals surface area contributed by atoms with E-state index in [9.17, 15) is 4.79 Å². The van der Waals surface area contributed by atoms with Gasteiger partial charge in [0.05, 0.1) is 5.75 Å². The van der Waals surface area contributed by atoms with Gasteiger partial charge in [0.2, 0.25) is 0 Å². The number of rotatable bonds is 10. The van der Waals surface area contributed by atoms with Crippen molar-refractivity contribution in [3.8, 4) is 0 Å². The number of allylic oxidation sites excluding steroid dienone is 1. The molecule has 0 radical (unpaired) electrons. The molecule has 3 nitrogen and oxygen atoms in total. The Kier molecular flexibility index (Phi) is 9.43. The van der Waals surface area contributed by atoms with Gasteiger partial charge in [0.15, 0.2) is 5.78 Å². The van der Waals surface area contributed by atoms with E-state index in [1.54, 1.807) is 11.8 Å². The molecule has 0 amide bonds. The fraction of sp³-hybridized carbons (Fsp3) is 0.850. The van der Waals surface area contributed by atoms with E-state index in [2.05, 4.69) is 51.5 Å². The van der Waals surface area contributed by atoms with E-state index >= 15 is 0 Å². The van der Waals surface area contributed by atoms with Gasteiger partial charge in [-0.1, -0.05) is 34.6 Å². The molecule has 140 valence electrons. The Morgan fingerprint density at radius 3 is 2.08 bits per heavy atom. The van der Waals surface area contributed by atoms with Gasteiger partial charge in [0, 0.05) is 30.6 Å². The van der Waals surface area contributed by atoms with Crippen LogP contribution in [0.3, 0.4) is 0 Å². The summed E-state index contributed by atoms with van der Waals surface area (Å²) in [6.45, 7) is 15.7. The molecular formula is C20H38N2OS. The van der Waals surface area contributed by atoms with E-state index < -0.39 is 0 Å². The molecular weight excluding hydrogens is 316 g/mol. The molecule has 0 aromatic carbocycles. The van der Waals surface area contributed by atoms with Crippen LogP contribution in [0.2, 0.25) is 0 Å². The van der Waals surface area contributed by atoms with Crippen LogP contribution in [0.15, 0.2) is 11.3 Å². The fourth-order valence-electron chi connectivity index (χ4n) is 3.49. The van der Waals surface area contributed by atoms with Crippen molar-refractivity contribution in [3.63, 3.8) is 0 Å². The Balaban J connectivity index is 2.57. The lowest BCUT2D eigenvalue weighted by Gasteiger charge is -2.34. The first-order valence-corrected chi connectivity index (χ1v) is 10.7. The summed E-state index contributed by atoms with van der Waals surface area (Å²) in [6, 6.07) is 0. The van der Waals surface area contributed by atoms with Gasteiger partial charge in [0.25, 0.3) is 0 Å². The second-order valence-electron chi connectivity index (χ2n) is 7.96. The topological polar surface area (TPSA) is 23.6 Å². The van der Waals surface area contributed by atoms with Gasteiger partial charge < -0.3 is 9.80 Å². The number of ketones is 1. The molecule has 4 heteroatoms. The van der Waals surface area contributed by atoms with Gasteiger partial charge >= 0.3 is 0 Å². The maximum Gasteiger partial charge on any atom is 0.171 e. The molecule has 0 saturated heterocycles. The fourth-order valence-corrected chi connectivity index (χ4v) is 4.47. The predicted molar refractivity (Wildman–Crippen MR) is 108 cm³/mol. The Labute approximate surface area is 154 Å². The smallest absolute Gasteiger partial charge is 0.171 e. The van der Waals surface area contributed by atoms with Crippen LogP contribution in [0, 0.1) is 5.41 Å². The van der Waals surface area contributed by atoms with Crippen molar-refractivity contribution in [2.45, 2.75) is 60.3 Å². The summed E-state index contributed by atoms with van der Waals surface area (Å²) >= 11 is 1.76. The third kappa shape index (κ3) is 6.79. The summed E-state index contributed by atoms with van der Waals surface area (Å²) < 4.78 is 0. The van der Waals surface area contributed by atoms with Gasteiger partial charge in [-0.3, -0.25) is 4.79 Å². The van der Waals surface area contributed by atoms with Gasteiger partial charge in [0.1, 0.15) is 0 Å². The highest BCUT2D eigenvalue weighted by atomic mass is 32.2. The lowest BCUT2D eigenvalue weighted by molar-refractivity contribution is -0.114. The minimum absolute atomic E-state index is 0.0549. The van der Waals surface area contributed by atoms with Crippen LogP contribution in [-0.4, -0.2) is 60.3 Å². The number of unbranched alkanes of at least 4 members (excludes halogenated alkanes) is 1. The molecule has 1 aliphatic rings. The molecule has 0 aromatic rings. The van der Waals surface area contributed by atoms with Crippen LogP contribution in [0.4, 0.5) is 0 Å². The van der Waals surface area contributed by atoms with Gasteiger partial charge in [-0.2, -0.15) is 0 Å². The second kappa shape index (κ2) is 10.5. The number of carbonyl (C=O) groups excluding carboxylic acids is 1. The third-order valence-corrected chi connectivity index (χ3v) is 5.49. The zero-order chi connectivity index (χ0) is 18.2. The summed E-state index contributed by atoms with van der Waals surface area (Å²) in [7, 11) is 2.16. The molecule has 0 unspecified atom stereocenters. The number of hydrogen-bond donors (Lipinski definition) is 0. The highest BCUT2D eigenvalue weighted by Gasteiger charge is 2.31. The quantitative estimate of drug-likeness (QED) is 0.541. The Morgan fingerprint density at radius 1 is 0.958 bits per heavy atom. The molecule has 0 fully saturated rings. The Morgan fingerprint density at radius 2 is 1.54 bits per heavy atom. The molecule has 0 bridgehead atoms. The largest absolute Gasteiger partial charge is 0.377 e. The Bertz CT molecular complexity index is 420. The SMILES string of the molecule is CCCN(CCC)CCCCN(C)C1=C(C(C)(C)C)C(=O)CSC1. The van der Waals surface area contributed by atoms with E-state index in [1.807, 2.05) is 0 Å². The maximum absolute atomic E-state index is 12.4. The molecule has 1 aliphatic heterocycles. The number of Topliss-reactive ketones (excluding diaryl/α,β-unsaturated/α-hetero) is 1. The molecule has 0 spiro atoms. The lowest BCUT2D eigenvalue weighted by Crippen LogP contribution is -2.33. The average molecular weight is 355 g/mol. The average Bonchev–Trinajstić information content (AvgIpc) is 2.50. The standard InChI is InChI=1S/C20H38N2OS/c1-7-11-22(12-8-2)14-10-9-13-21(6)17-15-24-16-18(23)19(17)20(3,4)5/h7-16H2,1-6H3. The highest BCUT2D eigenvalue weighted by molar-refractivity contribution is 8.00. The summed E-state index contributed by atoms with van der Waals surface area (Å²) in [5, 5.41) is 0. The number of nitrogens with zero attached hydrogens (tertiary/aromatic N) is 2. The van der Waals surface area contributed by atoms with Crippen molar-refractivity contribution >= 4 is 17.5 Å². The van der Waals surface area contributed by atoms with Gasteiger partial charge in [-0.15, -0.1) is 11.8 Å². The molecule has 24 heavy (non-hydrogen) atoms. The maximum atomic E-state index is 12.4. The van der Waals surface area contributed by atoms with Crippen molar-refractivity contribution in [1.82, 2.24) is 9.80 Å². The molecule has 0 N–H and O–H groups in total. The van der Waals surface area contributed by atoms with Crippen LogP contribution < -0.4 is 0 Å². The van der Waals surface area contributed by atoms with E-state index in [0.717, 1.165) is 17.9 Å². The van der Waals surface area contributed by atoms with Gasteiger partial charge in [-0.25, -0.2) is 0 Å². The van der Waals surface area contributed by atoms with Crippen molar-refractivity contribution < 1.29 is 4.79 Å². The number of hydrogen-bond acceptors (Lipinski definition) is 4. The van der Waals surface area contributed by atoms with Crippen LogP contribution in [0.25, 0.3) is 0 Å². The second-order valence-corrected chi connectivity index (χ2v) is 8.94. The molecule has 0 saturated carbocycles. The van der Waals surface area contributed by atoms with Crippen molar-refractivity contribution in [2.24, 2.45) is 5.41 Å². The lowest BCUT2D eigenvalue weighted by atomic mass is 9.82. The first-order valence-electron chi connectivity index (χ1n) is 9.59. The highest BCUT2D eigenvalue weighted by Crippen LogP contribution is 2.35. The van der Waals surface area contributed by atoms with Crippen LogP contribution >= 0.6 is 11.8 Å². The van der Waals surface area contributed by atoms with E-state index in [0.29, 0.717) is 11.5 Å². The summed E-state index contributed by atoms with van der Waals surface area (Å²) in [6.07, 6.45) is 4.91. The van der Waals surface area contributed by atoms with Crippen molar-refractivity contribution in [1.29, 1.82) is 0 Å². The van der Waals surface area contributed by atoms with Crippen molar-refractivity contribution in [2.75, 3.05) is 44.7 Å². The van der Waals surface area contributed by atoms with Crippen molar-refractivity contribution in [3.05, 3.63) is 11.3 Å². The van der Waals surface area contributed by atoms with Crippen LogP contribution in [-0.2, 0) is 4.79 Å². The third-order valence-electron chi connectivity index (χ3n) is 4.55. The Hall–Kier alpha value is -0.480. The van der Waals surface area contributed by atoms with E-state index in [-0.39, 0.29) is 5.41 Å². The number of carbonyl (C=O) groups is 1. The first kappa shape index (κ1) is 21.6. The zero-order valence-electron chi connectivity index (χ0n) is 16.8. The summed E-state index contributed by atoms with van der Waals surface area (Å²) in [5.41, 5.74) is 2.27. The molecule has 1 rings (SSSR count). The van der Waals surface area contributed by atoms with E-state index in [4.69, 9.17) is 0 Å². The first-order chi connectivity index (χ1) is 11.3. The van der Waals surface area contributed by atoms with Crippen LogP contribution in [0.1, 0.15) is 60.3 Å². The predicted octanol–water partition coefficient (Wildman–Crippen LogP) is 4.44. The van der Waals surface area contributed by atoms with E-state index in [1.165, 1.54) is 51.0 Å². The summed E-state index contributed by atoms with van der Waals surface area (Å²) in [4.78, 5) is 17.3. The zero-order valence-corrected chi connectivity index (χ0v) is 17.6. The van der Waals surface area contributed by atoms with Crippen LogP contribution in [0.5, 0.6) is 0 Å². The van der Waals surface area contributed by atoms with Gasteiger partial charge in [-0.05, 0) is 50.7 Å². The summed E-state index contributed by atoms with van der Waals surface area (Å²) in [5.74, 6) is 1.96. The minimum atomic E-state index is -0.0549. The molecule has 0 aliphatic carbocycles.